The molecule has 8 aromatic carbocycles. The molecule has 2 N–H and O–H groups in total. The Morgan fingerprint density at radius 1 is 0.545 bits per heavy atom. The standard InChI is InChI=1S/C50H33N3O2/c51-53-50(52-48(31-12-2-1-3-13-31)35-25-26-37-34(27-35)24-23-30-11-6-7-16-36(30)37)41-20-10-22-44-47(41)46-38(17-9-21-43(46)54-44)39-18-8-19-40-42-28-32-14-4-5-15-33(32)29-45(42)55-49(39)40/h1-5,7-10,12-29H,6,11,51H2/b52-48?,53-50-. The number of hydrogen-bond donors (Lipinski definition) is 1. The Kier molecular flexibility index (Phi) is 7.07. The summed E-state index contributed by atoms with van der Waals surface area (Å²) in [4.78, 5) is 5.31. The van der Waals surface area contributed by atoms with E-state index in [0.717, 1.165) is 101 Å². The molecule has 0 unspecified atom stereocenters. The van der Waals surface area contributed by atoms with Crippen LogP contribution in [0.25, 0.3) is 82.6 Å². The Balaban J connectivity index is 1.12. The predicted octanol–water partition coefficient (Wildman–Crippen LogP) is 12.6. The van der Waals surface area contributed by atoms with Crippen molar-refractivity contribution in [2.45, 2.75) is 12.8 Å². The van der Waals surface area contributed by atoms with Gasteiger partial charge in [-0.25, -0.2) is 4.99 Å². The summed E-state index contributed by atoms with van der Waals surface area (Å²) in [7, 11) is 0. The van der Waals surface area contributed by atoms with Gasteiger partial charge in [-0.3, -0.25) is 0 Å². The quantitative estimate of drug-likeness (QED) is 0.0856. The van der Waals surface area contributed by atoms with Crippen molar-refractivity contribution >= 4 is 83.0 Å². The SMILES string of the molecule is N/N=C(\N=C(c1ccccc1)c1ccc2c3c(ccc2c1)CCC=C3)c1cccc2oc3cccc(-c4cccc5c4oc4cc6ccccc6cc45)c3c12. The summed E-state index contributed by atoms with van der Waals surface area (Å²) in [6.07, 6.45) is 6.67. The Morgan fingerprint density at radius 3 is 2.20 bits per heavy atom. The van der Waals surface area contributed by atoms with Gasteiger partial charge in [-0.15, -0.1) is 0 Å². The molecular weight excluding hydrogens is 675 g/mol. The molecule has 1 aliphatic rings. The van der Waals surface area contributed by atoms with E-state index in [4.69, 9.17) is 19.7 Å². The van der Waals surface area contributed by atoms with Gasteiger partial charge in [0, 0.05) is 43.8 Å². The van der Waals surface area contributed by atoms with Crippen molar-refractivity contribution in [1.29, 1.82) is 0 Å². The lowest BCUT2D eigenvalue weighted by Gasteiger charge is -2.15. The monoisotopic (exact) mass is 707 g/mol. The average molecular weight is 708 g/mol. The molecule has 10 aromatic rings. The third-order valence-electron chi connectivity index (χ3n) is 11.1. The fourth-order valence-electron chi connectivity index (χ4n) is 8.53. The van der Waals surface area contributed by atoms with Gasteiger partial charge in [0.15, 0.2) is 5.84 Å². The number of aryl methyl sites for hydroxylation is 1. The summed E-state index contributed by atoms with van der Waals surface area (Å²) < 4.78 is 13.3. The average Bonchev–Trinajstić information content (AvgIpc) is 3.81. The topological polar surface area (TPSA) is 77.0 Å². The zero-order valence-corrected chi connectivity index (χ0v) is 29.8. The van der Waals surface area contributed by atoms with E-state index in [2.05, 4.69) is 120 Å². The Hall–Kier alpha value is -7.24. The van der Waals surface area contributed by atoms with Gasteiger partial charge in [0.2, 0.25) is 0 Å². The minimum absolute atomic E-state index is 0.407. The Labute approximate surface area is 316 Å². The highest BCUT2D eigenvalue weighted by atomic mass is 16.3. The number of furan rings is 2. The lowest BCUT2D eigenvalue weighted by Crippen LogP contribution is -2.10. The minimum atomic E-state index is 0.407. The van der Waals surface area contributed by atoms with E-state index >= 15 is 0 Å². The number of allylic oxidation sites excluding steroid dienone is 1. The molecule has 2 heterocycles. The van der Waals surface area contributed by atoms with Crippen molar-refractivity contribution in [3.8, 4) is 11.1 Å². The molecule has 0 amide bonds. The molecule has 2 aromatic heterocycles. The van der Waals surface area contributed by atoms with Crippen molar-refractivity contribution in [1.82, 2.24) is 0 Å². The molecule has 55 heavy (non-hydrogen) atoms. The molecule has 0 aliphatic heterocycles. The largest absolute Gasteiger partial charge is 0.456 e. The lowest BCUT2D eigenvalue weighted by molar-refractivity contribution is 0.669. The maximum atomic E-state index is 6.69. The Morgan fingerprint density at radius 2 is 1.33 bits per heavy atom. The Bertz CT molecular complexity index is 3270. The normalized spacial score (nSPS) is 13.5. The first-order chi connectivity index (χ1) is 27.2. The number of hydrazone groups is 1. The molecule has 1 aliphatic carbocycles. The predicted molar refractivity (Wildman–Crippen MR) is 228 cm³/mol. The van der Waals surface area contributed by atoms with Crippen molar-refractivity contribution in [3.63, 3.8) is 0 Å². The summed E-state index contributed by atoms with van der Waals surface area (Å²) in [6, 6.07) is 52.6. The number of benzene rings is 8. The second-order valence-electron chi connectivity index (χ2n) is 14.2. The zero-order valence-electron chi connectivity index (χ0n) is 29.8. The third kappa shape index (κ3) is 5.01. The summed E-state index contributed by atoms with van der Waals surface area (Å²) in [5, 5.41) is 13.1. The number of aliphatic imine (C=N–C) groups is 1. The van der Waals surface area contributed by atoms with Crippen molar-refractivity contribution in [2.75, 3.05) is 0 Å². The highest BCUT2D eigenvalue weighted by molar-refractivity contribution is 6.27. The summed E-state index contributed by atoms with van der Waals surface area (Å²) >= 11 is 0. The number of hydrogen-bond acceptors (Lipinski definition) is 4. The molecule has 0 saturated carbocycles. The maximum absolute atomic E-state index is 6.69. The van der Waals surface area contributed by atoms with Crippen LogP contribution in [0.3, 0.4) is 0 Å². The summed E-state index contributed by atoms with van der Waals surface area (Å²) in [5.41, 5.74) is 11.4. The molecule has 11 rings (SSSR count). The van der Waals surface area contributed by atoms with Crippen LogP contribution in [-0.4, -0.2) is 11.5 Å². The number of fused-ring (bicyclic) bond motifs is 10. The van der Waals surface area contributed by atoms with Gasteiger partial charge in [-0.05, 0) is 81.4 Å². The molecule has 5 nitrogen and oxygen atoms in total. The van der Waals surface area contributed by atoms with Gasteiger partial charge in [-0.2, -0.15) is 5.10 Å². The minimum Gasteiger partial charge on any atom is -0.456 e. The molecule has 0 fully saturated rings. The number of amidine groups is 1. The summed E-state index contributed by atoms with van der Waals surface area (Å²) in [5.74, 6) is 6.72. The van der Waals surface area contributed by atoms with E-state index in [0.29, 0.717) is 5.84 Å². The van der Waals surface area contributed by atoms with Crippen LogP contribution in [0.1, 0.15) is 34.2 Å². The van der Waals surface area contributed by atoms with Crippen LogP contribution in [-0.2, 0) is 6.42 Å². The van der Waals surface area contributed by atoms with Gasteiger partial charge in [-0.1, -0.05) is 133 Å². The first-order valence-corrected chi connectivity index (χ1v) is 18.7. The van der Waals surface area contributed by atoms with Crippen LogP contribution in [0, 0.1) is 0 Å². The second-order valence-corrected chi connectivity index (χ2v) is 14.2. The van der Waals surface area contributed by atoms with Crippen LogP contribution in [0.5, 0.6) is 0 Å². The molecule has 0 radical (unpaired) electrons. The van der Waals surface area contributed by atoms with Crippen LogP contribution >= 0.6 is 0 Å². The van der Waals surface area contributed by atoms with Crippen LogP contribution in [0.15, 0.2) is 177 Å². The number of para-hydroxylation sites is 1. The molecule has 0 spiro atoms. The fourth-order valence-corrected chi connectivity index (χ4v) is 8.53. The number of nitrogens with zero attached hydrogens (tertiary/aromatic N) is 2. The van der Waals surface area contributed by atoms with Crippen LogP contribution in [0.4, 0.5) is 0 Å². The van der Waals surface area contributed by atoms with E-state index in [-0.39, 0.29) is 0 Å². The fraction of sp³-hybridized carbons (Fsp3) is 0.0400. The number of nitrogens with two attached hydrogens (primary N) is 1. The lowest BCUT2D eigenvalue weighted by atomic mass is 9.90. The van der Waals surface area contributed by atoms with E-state index in [1.54, 1.807) is 0 Å². The van der Waals surface area contributed by atoms with Gasteiger partial charge < -0.3 is 14.7 Å². The van der Waals surface area contributed by atoms with E-state index in [1.165, 1.54) is 21.9 Å². The van der Waals surface area contributed by atoms with Gasteiger partial charge >= 0.3 is 0 Å². The maximum Gasteiger partial charge on any atom is 0.180 e. The van der Waals surface area contributed by atoms with Gasteiger partial charge in [0.05, 0.1) is 5.71 Å². The first-order valence-electron chi connectivity index (χ1n) is 18.7. The molecule has 0 atom stereocenters. The second kappa shape index (κ2) is 12.4. The van der Waals surface area contributed by atoms with Crippen LogP contribution in [0.2, 0.25) is 0 Å². The smallest absolute Gasteiger partial charge is 0.180 e. The van der Waals surface area contributed by atoms with E-state index in [1.807, 2.05) is 48.5 Å². The van der Waals surface area contributed by atoms with E-state index in [9.17, 15) is 0 Å². The first kappa shape index (κ1) is 31.3. The molecule has 0 bridgehead atoms. The highest BCUT2D eigenvalue weighted by Gasteiger charge is 2.22. The molecule has 5 heteroatoms. The van der Waals surface area contributed by atoms with Crippen molar-refractivity contribution < 1.29 is 8.83 Å². The van der Waals surface area contributed by atoms with Gasteiger partial charge in [0.25, 0.3) is 0 Å². The van der Waals surface area contributed by atoms with E-state index < -0.39 is 0 Å². The summed E-state index contributed by atoms with van der Waals surface area (Å²) in [6.45, 7) is 0. The van der Waals surface area contributed by atoms with Crippen molar-refractivity contribution in [2.24, 2.45) is 15.9 Å². The zero-order chi connectivity index (χ0) is 36.5. The van der Waals surface area contributed by atoms with Crippen LogP contribution < -0.4 is 5.84 Å². The number of rotatable bonds is 4. The van der Waals surface area contributed by atoms with Gasteiger partial charge in [0.1, 0.15) is 22.3 Å². The highest BCUT2D eigenvalue weighted by Crippen LogP contribution is 2.43. The molecule has 260 valence electrons. The molecule has 0 saturated heterocycles. The third-order valence-corrected chi connectivity index (χ3v) is 11.1. The molecular formula is C50H33N3O2. The van der Waals surface area contributed by atoms with Crippen molar-refractivity contribution in [3.05, 3.63) is 186 Å².